The molecule has 1 N–H and O–H groups in total. The van der Waals surface area contributed by atoms with Crippen molar-refractivity contribution in [2.75, 3.05) is 25.0 Å². The topological polar surface area (TPSA) is 56.1 Å². The van der Waals surface area contributed by atoms with Crippen molar-refractivity contribution in [3.8, 4) is 6.07 Å². The van der Waals surface area contributed by atoms with E-state index in [1.807, 2.05) is 6.07 Å². The van der Waals surface area contributed by atoms with Crippen LogP contribution in [0, 0.1) is 11.3 Å². The van der Waals surface area contributed by atoms with Crippen LogP contribution in [0.2, 0.25) is 5.02 Å². The average molecular weight is 264 g/mol. The highest BCUT2D eigenvalue weighted by Crippen LogP contribution is 2.20. The molecule has 4 nitrogen and oxygen atoms in total. The third-order valence-electron chi connectivity index (χ3n) is 2.94. The molecule has 94 valence electrons. The number of likely N-dealkylation sites (tertiary alicyclic amines) is 1. The van der Waals surface area contributed by atoms with Crippen LogP contribution in [0.25, 0.3) is 0 Å². The van der Waals surface area contributed by atoms with E-state index in [1.165, 1.54) is 0 Å². The van der Waals surface area contributed by atoms with Crippen molar-refractivity contribution in [2.45, 2.75) is 12.8 Å². The van der Waals surface area contributed by atoms with Gasteiger partial charge in [-0.25, -0.2) is 0 Å². The minimum Gasteiger partial charge on any atom is -0.324 e. The number of rotatable bonds is 3. The summed E-state index contributed by atoms with van der Waals surface area (Å²) >= 11 is 5.86. The molecule has 1 heterocycles. The average Bonchev–Trinajstić information content (AvgIpc) is 2.82. The molecule has 1 aliphatic rings. The first-order valence-electron chi connectivity index (χ1n) is 5.91. The number of nitrogens with one attached hydrogen (secondary N) is 1. The third kappa shape index (κ3) is 3.22. The highest BCUT2D eigenvalue weighted by molar-refractivity contribution is 6.31. The summed E-state index contributed by atoms with van der Waals surface area (Å²) in [6, 6.07) is 6.87. The Balaban J connectivity index is 2.02. The summed E-state index contributed by atoms with van der Waals surface area (Å²) in [5.41, 5.74) is 0.906. The molecule has 1 amide bonds. The fraction of sp³-hybridized carbons (Fsp3) is 0.385. The van der Waals surface area contributed by atoms with Crippen molar-refractivity contribution >= 4 is 23.2 Å². The quantitative estimate of drug-likeness (QED) is 0.910. The molecule has 1 aliphatic heterocycles. The SMILES string of the molecule is N#Cc1ccc(Cl)cc1NC(=O)CN1CCCC1. The first kappa shape index (κ1) is 12.9. The number of hydrogen-bond acceptors (Lipinski definition) is 3. The Morgan fingerprint density at radius 3 is 2.83 bits per heavy atom. The lowest BCUT2D eigenvalue weighted by molar-refractivity contribution is -0.117. The van der Waals surface area contributed by atoms with Crippen LogP contribution >= 0.6 is 11.6 Å². The number of carbonyl (C=O) groups is 1. The standard InChI is InChI=1S/C13H14ClN3O/c14-11-4-3-10(8-15)12(7-11)16-13(18)9-17-5-1-2-6-17/h3-4,7H,1-2,5-6,9H2,(H,16,18). The number of anilines is 1. The van der Waals surface area contributed by atoms with Crippen LogP contribution in [0.5, 0.6) is 0 Å². The van der Waals surface area contributed by atoms with Gasteiger partial charge in [0.15, 0.2) is 0 Å². The van der Waals surface area contributed by atoms with E-state index in [0.29, 0.717) is 22.8 Å². The maximum Gasteiger partial charge on any atom is 0.238 e. The predicted molar refractivity (Wildman–Crippen MR) is 70.5 cm³/mol. The molecule has 1 aromatic rings. The van der Waals surface area contributed by atoms with Gasteiger partial charge in [0.1, 0.15) is 6.07 Å². The second-order valence-corrected chi connectivity index (χ2v) is 4.77. The van der Waals surface area contributed by atoms with E-state index in [9.17, 15) is 4.79 Å². The van der Waals surface area contributed by atoms with Crippen LogP contribution < -0.4 is 5.32 Å². The number of benzene rings is 1. The molecule has 5 heteroatoms. The largest absolute Gasteiger partial charge is 0.324 e. The monoisotopic (exact) mass is 263 g/mol. The number of nitrogens with zero attached hydrogens (tertiary/aromatic N) is 2. The lowest BCUT2D eigenvalue weighted by atomic mass is 10.2. The molecule has 0 bridgehead atoms. The van der Waals surface area contributed by atoms with Gasteiger partial charge in [-0.2, -0.15) is 5.26 Å². The normalized spacial score (nSPS) is 15.3. The molecule has 0 saturated carbocycles. The molecule has 0 spiro atoms. The molecule has 0 aromatic heterocycles. The van der Waals surface area contributed by atoms with Gasteiger partial charge < -0.3 is 5.32 Å². The summed E-state index contributed by atoms with van der Waals surface area (Å²) in [5, 5.41) is 12.2. The molecule has 1 saturated heterocycles. The Morgan fingerprint density at radius 2 is 2.17 bits per heavy atom. The van der Waals surface area contributed by atoms with E-state index >= 15 is 0 Å². The van der Waals surface area contributed by atoms with Crippen molar-refractivity contribution in [1.82, 2.24) is 4.90 Å². The van der Waals surface area contributed by atoms with E-state index in [2.05, 4.69) is 10.2 Å². The van der Waals surface area contributed by atoms with Crippen LogP contribution in [0.15, 0.2) is 18.2 Å². The van der Waals surface area contributed by atoms with Crippen LogP contribution in [-0.4, -0.2) is 30.4 Å². The minimum absolute atomic E-state index is 0.101. The maximum atomic E-state index is 11.8. The predicted octanol–water partition coefficient (Wildman–Crippen LogP) is 2.25. The first-order chi connectivity index (χ1) is 8.69. The van der Waals surface area contributed by atoms with Crippen molar-refractivity contribution in [2.24, 2.45) is 0 Å². The van der Waals surface area contributed by atoms with Crippen LogP contribution in [0.3, 0.4) is 0 Å². The molecule has 0 aliphatic carbocycles. The highest BCUT2D eigenvalue weighted by atomic mass is 35.5. The lowest BCUT2D eigenvalue weighted by Crippen LogP contribution is -2.31. The zero-order chi connectivity index (χ0) is 13.0. The maximum absolute atomic E-state index is 11.8. The van der Waals surface area contributed by atoms with E-state index < -0.39 is 0 Å². The second-order valence-electron chi connectivity index (χ2n) is 4.33. The molecule has 18 heavy (non-hydrogen) atoms. The van der Waals surface area contributed by atoms with Crippen molar-refractivity contribution < 1.29 is 4.79 Å². The minimum atomic E-state index is -0.101. The second kappa shape index (κ2) is 5.85. The van der Waals surface area contributed by atoms with Gasteiger partial charge in [0.2, 0.25) is 5.91 Å². The van der Waals surface area contributed by atoms with E-state index in [0.717, 1.165) is 25.9 Å². The molecule has 0 radical (unpaired) electrons. The first-order valence-corrected chi connectivity index (χ1v) is 6.28. The summed E-state index contributed by atoms with van der Waals surface area (Å²) < 4.78 is 0. The van der Waals surface area contributed by atoms with Crippen molar-refractivity contribution in [3.05, 3.63) is 28.8 Å². The summed E-state index contributed by atoms with van der Waals surface area (Å²) in [4.78, 5) is 13.9. The van der Waals surface area contributed by atoms with Crippen LogP contribution in [0.4, 0.5) is 5.69 Å². The lowest BCUT2D eigenvalue weighted by Gasteiger charge is -2.14. The van der Waals surface area contributed by atoms with Gasteiger partial charge in [0.25, 0.3) is 0 Å². The third-order valence-corrected chi connectivity index (χ3v) is 3.18. The number of carbonyl (C=O) groups excluding carboxylic acids is 1. The van der Waals surface area contributed by atoms with E-state index in [4.69, 9.17) is 16.9 Å². The Hall–Kier alpha value is -1.57. The fourth-order valence-electron chi connectivity index (χ4n) is 2.05. The van der Waals surface area contributed by atoms with Gasteiger partial charge in [-0.05, 0) is 44.1 Å². The highest BCUT2D eigenvalue weighted by Gasteiger charge is 2.15. The van der Waals surface area contributed by atoms with Crippen LogP contribution in [-0.2, 0) is 4.79 Å². The van der Waals surface area contributed by atoms with Gasteiger partial charge in [-0.1, -0.05) is 11.6 Å². The summed E-state index contributed by atoms with van der Waals surface area (Å²) in [6.45, 7) is 2.31. The number of hydrogen-bond donors (Lipinski definition) is 1. The number of amides is 1. The molecule has 0 atom stereocenters. The fourth-order valence-corrected chi connectivity index (χ4v) is 2.22. The molecule has 1 fully saturated rings. The van der Waals surface area contributed by atoms with E-state index in [-0.39, 0.29) is 5.91 Å². The Kier molecular flexibility index (Phi) is 4.19. The Morgan fingerprint density at radius 1 is 1.44 bits per heavy atom. The molecular formula is C13H14ClN3O. The van der Waals surface area contributed by atoms with Crippen LogP contribution in [0.1, 0.15) is 18.4 Å². The van der Waals surface area contributed by atoms with Gasteiger partial charge in [0.05, 0.1) is 17.8 Å². The number of nitriles is 1. The molecule has 0 unspecified atom stereocenters. The van der Waals surface area contributed by atoms with Gasteiger partial charge in [-0.15, -0.1) is 0 Å². The molecular weight excluding hydrogens is 250 g/mol. The van der Waals surface area contributed by atoms with Gasteiger partial charge in [-0.3, -0.25) is 9.69 Å². The van der Waals surface area contributed by atoms with Gasteiger partial charge in [0, 0.05) is 5.02 Å². The summed E-state index contributed by atoms with van der Waals surface area (Å²) in [7, 11) is 0. The number of halogens is 1. The molecule has 2 rings (SSSR count). The van der Waals surface area contributed by atoms with Gasteiger partial charge >= 0.3 is 0 Å². The Bertz CT molecular complexity index is 489. The smallest absolute Gasteiger partial charge is 0.238 e. The summed E-state index contributed by atoms with van der Waals surface area (Å²) in [5.74, 6) is -0.101. The zero-order valence-corrected chi connectivity index (χ0v) is 10.7. The summed E-state index contributed by atoms with van der Waals surface area (Å²) in [6.07, 6.45) is 2.29. The molecule has 1 aromatic carbocycles. The van der Waals surface area contributed by atoms with Crippen molar-refractivity contribution in [3.63, 3.8) is 0 Å². The zero-order valence-electron chi connectivity index (χ0n) is 9.95. The van der Waals surface area contributed by atoms with E-state index in [1.54, 1.807) is 18.2 Å². The Labute approximate surface area is 111 Å². The van der Waals surface area contributed by atoms with Crippen molar-refractivity contribution in [1.29, 1.82) is 5.26 Å².